The number of epoxide rings is 1. The SMILES string of the molecule is CC(=CI)CC1CO1. The zero-order valence-electron chi connectivity index (χ0n) is 4.86. The molecule has 1 saturated heterocycles. The Morgan fingerprint density at radius 3 is 3.00 bits per heavy atom. The fourth-order valence-electron chi connectivity index (χ4n) is 0.590. The molecular formula is C6H9IO. The molecule has 1 rings (SSSR count). The molecule has 1 nitrogen and oxygen atoms in total. The second kappa shape index (κ2) is 2.82. The number of ether oxygens (including phenoxy) is 1. The molecule has 1 aliphatic heterocycles. The minimum Gasteiger partial charge on any atom is -0.373 e. The molecule has 1 aliphatic rings. The smallest absolute Gasteiger partial charge is 0.0847 e. The van der Waals surface area contributed by atoms with E-state index in [1.165, 1.54) is 5.57 Å². The zero-order chi connectivity index (χ0) is 5.98. The Balaban J connectivity index is 2.16. The number of hydrogen-bond acceptors (Lipinski definition) is 1. The molecule has 0 radical (unpaired) electrons. The molecule has 1 heterocycles. The largest absolute Gasteiger partial charge is 0.373 e. The summed E-state index contributed by atoms with van der Waals surface area (Å²) in [5.41, 5.74) is 1.42. The van der Waals surface area contributed by atoms with Crippen LogP contribution in [0.2, 0.25) is 0 Å². The normalized spacial score (nSPS) is 28.2. The summed E-state index contributed by atoms with van der Waals surface area (Å²) in [6.07, 6.45) is 1.68. The topological polar surface area (TPSA) is 12.5 Å². The van der Waals surface area contributed by atoms with Crippen molar-refractivity contribution in [3.63, 3.8) is 0 Å². The van der Waals surface area contributed by atoms with Crippen molar-refractivity contribution in [3.05, 3.63) is 9.66 Å². The molecule has 1 atom stereocenters. The van der Waals surface area contributed by atoms with E-state index in [2.05, 4.69) is 33.6 Å². The molecule has 1 unspecified atom stereocenters. The van der Waals surface area contributed by atoms with E-state index in [0.717, 1.165) is 13.0 Å². The van der Waals surface area contributed by atoms with Gasteiger partial charge in [-0.2, -0.15) is 0 Å². The Bertz CT molecular complexity index is 105. The maximum absolute atomic E-state index is 5.04. The van der Waals surface area contributed by atoms with E-state index < -0.39 is 0 Å². The summed E-state index contributed by atoms with van der Waals surface area (Å²) in [6, 6.07) is 0. The maximum atomic E-state index is 5.04. The fourth-order valence-corrected chi connectivity index (χ4v) is 0.844. The Labute approximate surface area is 63.2 Å². The van der Waals surface area contributed by atoms with E-state index >= 15 is 0 Å². The molecule has 0 N–H and O–H groups in total. The molecule has 0 aromatic heterocycles. The van der Waals surface area contributed by atoms with E-state index in [1.807, 2.05) is 0 Å². The summed E-state index contributed by atoms with van der Waals surface area (Å²) >= 11 is 2.26. The first-order valence-corrected chi connectivity index (χ1v) is 3.95. The van der Waals surface area contributed by atoms with E-state index in [4.69, 9.17) is 4.74 Å². The lowest BCUT2D eigenvalue weighted by atomic mass is 10.2. The first kappa shape index (κ1) is 6.55. The molecular weight excluding hydrogens is 215 g/mol. The zero-order valence-corrected chi connectivity index (χ0v) is 7.01. The molecule has 0 aromatic rings. The Morgan fingerprint density at radius 1 is 2.00 bits per heavy atom. The lowest BCUT2D eigenvalue weighted by Gasteiger charge is -1.90. The van der Waals surface area contributed by atoms with Crippen LogP contribution in [0.15, 0.2) is 9.66 Å². The van der Waals surface area contributed by atoms with E-state index in [9.17, 15) is 0 Å². The predicted molar refractivity (Wildman–Crippen MR) is 42.1 cm³/mol. The van der Waals surface area contributed by atoms with Gasteiger partial charge in [-0.05, 0) is 17.4 Å². The quantitative estimate of drug-likeness (QED) is 0.517. The monoisotopic (exact) mass is 224 g/mol. The third-order valence-electron chi connectivity index (χ3n) is 1.14. The van der Waals surface area contributed by atoms with Crippen LogP contribution in [0, 0.1) is 0 Å². The van der Waals surface area contributed by atoms with E-state index in [1.54, 1.807) is 0 Å². The van der Waals surface area contributed by atoms with Crippen molar-refractivity contribution < 1.29 is 4.74 Å². The first-order valence-electron chi connectivity index (χ1n) is 2.70. The second-order valence-corrected chi connectivity index (χ2v) is 2.74. The van der Waals surface area contributed by atoms with Gasteiger partial charge in [-0.1, -0.05) is 28.2 Å². The van der Waals surface area contributed by atoms with E-state index in [-0.39, 0.29) is 0 Å². The van der Waals surface area contributed by atoms with Crippen molar-refractivity contribution in [2.75, 3.05) is 6.61 Å². The lowest BCUT2D eigenvalue weighted by molar-refractivity contribution is 0.407. The third-order valence-corrected chi connectivity index (χ3v) is 2.20. The maximum Gasteiger partial charge on any atom is 0.0847 e. The van der Waals surface area contributed by atoms with Gasteiger partial charge >= 0.3 is 0 Å². The van der Waals surface area contributed by atoms with Gasteiger partial charge in [-0.15, -0.1) is 0 Å². The van der Waals surface area contributed by atoms with Gasteiger partial charge in [-0.25, -0.2) is 0 Å². The van der Waals surface area contributed by atoms with Gasteiger partial charge in [0.05, 0.1) is 12.7 Å². The summed E-state index contributed by atoms with van der Waals surface area (Å²) in [4.78, 5) is 0. The second-order valence-electron chi connectivity index (χ2n) is 2.11. The van der Waals surface area contributed by atoms with Crippen molar-refractivity contribution in [3.8, 4) is 0 Å². The van der Waals surface area contributed by atoms with Gasteiger partial charge < -0.3 is 4.74 Å². The molecule has 0 spiro atoms. The molecule has 0 amide bonds. The van der Waals surface area contributed by atoms with Crippen LogP contribution in [0.5, 0.6) is 0 Å². The van der Waals surface area contributed by atoms with Crippen LogP contribution in [0.4, 0.5) is 0 Å². The van der Waals surface area contributed by atoms with Gasteiger partial charge in [0.25, 0.3) is 0 Å². The van der Waals surface area contributed by atoms with Gasteiger partial charge in [0.15, 0.2) is 0 Å². The molecule has 2 heteroatoms. The minimum atomic E-state index is 0.556. The molecule has 1 fully saturated rings. The highest BCUT2D eigenvalue weighted by molar-refractivity contribution is 14.1. The summed E-state index contributed by atoms with van der Waals surface area (Å²) in [7, 11) is 0. The van der Waals surface area contributed by atoms with E-state index in [0.29, 0.717) is 6.10 Å². The molecule has 0 aromatic carbocycles. The number of rotatable bonds is 2. The highest BCUT2D eigenvalue weighted by atomic mass is 127. The van der Waals surface area contributed by atoms with Gasteiger partial charge in [0.1, 0.15) is 0 Å². The van der Waals surface area contributed by atoms with Gasteiger partial charge in [0.2, 0.25) is 0 Å². The fraction of sp³-hybridized carbons (Fsp3) is 0.667. The molecule has 0 bridgehead atoms. The van der Waals surface area contributed by atoms with Crippen molar-refractivity contribution in [2.45, 2.75) is 19.4 Å². The highest BCUT2D eigenvalue weighted by Crippen LogP contribution is 2.18. The third kappa shape index (κ3) is 2.13. The van der Waals surface area contributed by atoms with Crippen molar-refractivity contribution in [1.82, 2.24) is 0 Å². The Kier molecular flexibility index (Phi) is 2.31. The van der Waals surface area contributed by atoms with Crippen molar-refractivity contribution >= 4 is 22.6 Å². The van der Waals surface area contributed by atoms with Crippen LogP contribution in [0.25, 0.3) is 0 Å². The summed E-state index contributed by atoms with van der Waals surface area (Å²) < 4.78 is 7.15. The van der Waals surface area contributed by atoms with Crippen LogP contribution >= 0.6 is 22.6 Å². The summed E-state index contributed by atoms with van der Waals surface area (Å²) in [5, 5.41) is 0. The molecule has 0 aliphatic carbocycles. The standard InChI is InChI=1S/C6H9IO/c1-5(3-7)2-6-4-8-6/h3,6H,2,4H2,1H3. The Hall–Kier alpha value is 0.430. The van der Waals surface area contributed by atoms with Crippen molar-refractivity contribution in [2.24, 2.45) is 0 Å². The Morgan fingerprint density at radius 2 is 2.62 bits per heavy atom. The minimum absolute atomic E-state index is 0.556. The van der Waals surface area contributed by atoms with Crippen LogP contribution in [0.1, 0.15) is 13.3 Å². The van der Waals surface area contributed by atoms with Gasteiger partial charge in [-0.3, -0.25) is 0 Å². The van der Waals surface area contributed by atoms with Gasteiger partial charge in [0, 0.05) is 0 Å². The van der Waals surface area contributed by atoms with Crippen LogP contribution < -0.4 is 0 Å². The average Bonchev–Trinajstić information content (AvgIpc) is 2.50. The van der Waals surface area contributed by atoms with Crippen LogP contribution in [0.3, 0.4) is 0 Å². The first-order chi connectivity index (χ1) is 3.83. The van der Waals surface area contributed by atoms with Crippen LogP contribution in [-0.2, 0) is 4.74 Å². The molecule has 8 heavy (non-hydrogen) atoms. The highest BCUT2D eigenvalue weighted by Gasteiger charge is 2.21. The average molecular weight is 224 g/mol. The lowest BCUT2D eigenvalue weighted by Crippen LogP contribution is -1.83. The molecule has 0 saturated carbocycles. The number of hydrogen-bond donors (Lipinski definition) is 0. The number of halogens is 1. The molecule has 46 valence electrons. The van der Waals surface area contributed by atoms with Crippen LogP contribution in [-0.4, -0.2) is 12.7 Å². The summed E-state index contributed by atoms with van der Waals surface area (Å²) in [6.45, 7) is 3.11. The van der Waals surface area contributed by atoms with Crippen molar-refractivity contribution in [1.29, 1.82) is 0 Å². The summed E-state index contributed by atoms with van der Waals surface area (Å²) in [5.74, 6) is 0. The predicted octanol–water partition coefficient (Wildman–Crippen LogP) is 2.11.